The topological polar surface area (TPSA) is 47.4 Å². The number of carbonyl (C=O) groups excluding carboxylic acids is 1. The lowest BCUT2D eigenvalue weighted by Gasteiger charge is -2.20. The van der Waals surface area contributed by atoms with Crippen molar-refractivity contribution in [2.24, 2.45) is 5.92 Å². The van der Waals surface area contributed by atoms with Gasteiger partial charge in [0.05, 0.1) is 23.8 Å². The molecule has 0 aliphatic carbocycles. The molecule has 0 bridgehead atoms. The molecule has 0 radical (unpaired) electrons. The van der Waals surface area contributed by atoms with Crippen molar-refractivity contribution in [2.75, 3.05) is 18.6 Å². The van der Waals surface area contributed by atoms with Crippen LogP contribution in [0.25, 0.3) is 11.0 Å². The summed E-state index contributed by atoms with van der Waals surface area (Å²) in [6.07, 6.45) is 1.59. The Bertz CT molecular complexity index is 994. The molecule has 1 amide bonds. The van der Waals surface area contributed by atoms with Crippen molar-refractivity contribution >= 4 is 22.6 Å². The fraction of sp³-hybridized carbons (Fsp3) is 0.391. The maximum absolute atomic E-state index is 12.9. The van der Waals surface area contributed by atoms with Gasteiger partial charge in [0.2, 0.25) is 5.91 Å². The third-order valence-electron chi connectivity index (χ3n) is 5.74. The van der Waals surface area contributed by atoms with Crippen LogP contribution in [0.15, 0.2) is 48.5 Å². The number of imidazole rings is 1. The maximum atomic E-state index is 12.9. The summed E-state index contributed by atoms with van der Waals surface area (Å²) in [4.78, 5) is 19.6. The first-order valence-corrected chi connectivity index (χ1v) is 10.0. The van der Waals surface area contributed by atoms with Gasteiger partial charge in [-0.15, -0.1) is 0 Å². The average Bonchev–Trinajstić information content (AvgIpc) is 3.28. The number of nitrogens with zero attached hydrogens (tertiary/aromatic N) is 3. The van der Waals surface area contributed by atoms with Gasteiger partial charge in [0.15, 0.2) is 0 Å². The Morgan fingerprint density at radius 3 is 2.71 bits per heavy atom. The van der Waals surface area contributed by atoms with Crippen LogP contribution in [0.1, 0.15) is 38.4 Å². The Hall–Kier alpha value is -2.82. The summed E-state index contributed by atoms with van der Waals surface area (Å²) >= 11 is 0. The smallest absolute Gasteiger partial charge is 0.227 e. The van der Waals surface area contributed by atoms with E-state index in [1.165, 1.54) is 0 Å². The highest BCUT2D eigenvalue weighted by atomic mass is 16.5. The summed E-state index contributed by atoms with van der Waals surface area (Å²) in [7, 11) is 1.64. The zero-order chi connectivity index (χ0) is 19.7. The standard InChI is InChI=1S/C23H27N3O2/c1-4-16(2)14-26-19-10-6-5-9-18(19)24-23(26)17-13-22(27)25(15-17)20-11-7-8-12-21(20)28-3/h5-12,16-17H,4,13-15H2,1-3H3/t16-,17+/m1/s1. The first-order valence-electron chi connectivity index (χ1n) is 10.0. The summed E-state index contributed by atoms with van der Waals surface area (Å²) in [5, 5.41) is 0. The van der Waals surface area contributed by atoms with E-state index in [4.69, 9.17) is 9.72 Å². The fourth-order valence-corrected chi connectivity index (χ4v) is 4.00. The van der Waals surface area contributed by atoms with Crippen LogP contribution in [-0.4, -0.2) is 29.1 Å². The summed E-state index contributed by atoms with van der Waals surface area (Å²) in [6, 6.07) is 16.0. The van der Waals surface area contributed by atoms with Gasteiger partial charge in [-0.2, -0.15) is 0 Å². The fourth-order valence-electron chi connectivity index (χ4n) is 4.00. The minimum absolute atomic E-state index is 0.0777. The van der Waals surface area contributed by atoms with Gasteiger partial charge in [-0.25, -0.2) is 4.98 Å². The molecule has 4 rings (SSSR count). The number of ether oxygens (including phenoxy) is 1. The van der Waals surface area contributed by atoms with E-state index in [9.17, 15) is 4.79 Å². The van der Waals surface area contributed by atoms with Crippen LogP contribution >= 0.6 is 0 Å². The zero-order valence-electron chi connectivity index (χ0n) is 16.8. The first-order chi connectivity index (χ1) is 13.6. The van der Waals surface area contributed by atoms with Gasteiger partial charge in [0, 0.05) is 25.4 Å². The molecule has 2 atom stereocenters. The van der Waals surface area contributed by atoms with Crippen LogP contribution in [0, 0.1) is 5.92 Å². The number of anilines is 1. The van der Waals surface area contributed by atoms with E-state index in [2.05, 4.69) is 36.6 Å². The number of hydrogen-bond donors (Lipinski definition) is 0. The van der Waals surface area contributed by atoms with E-state index >= 15 is 0 Å². The van der Waals surface area contributed by atoms with Crippen molar-refractivity contribution in [3.05, 3.63) is 54.4 Å². The van der Waals surface area contributed by atoms with Crippen LogP contribution in [0.5, 0.6) is 5.75 Å². The Balaban J connectivity index is 1.71. The number of methoxy groups -OCH3 is 1. The maximum Gasteiger partial charge on any atom is 0.227 e. The lowest BCUT2D eigenvalue weighted by atomic mass is 10.1. The van der Waals surface area contributed by atoms with Crippen LogP contribution in [0.2, 0.25) is 0 Å². The molecule has 28 heavy (non-hydrogen) atoms. The van der Waals surface area contributed by atoms with Gasteiger partial charge in [0.25, 0.3) is 0 Å². The number of benzene rings is 2. The van der Waals surface area contributed by atoms with Crippen molar-refractivity contribution in [1.29, 1.82) is 0 Å². The molecule has 1 aromatic heterocycles. The van der Waals surface area contributed by atoms with Crippen molar-refractivity contribution in [1.82, 2.24) is 9.55 Å². The number of rotatable bonds is 6. The van der Waals surface area contributed by atoms with E-state index < -0.39 is 0 Å². The molecule has 0 saturated carbocycles. The van der Waals surface area contributed by atoms with E-state index in [0.717, 1.165) is 41.3 Å². The number of amides is 1. The zero-order valence-corrected chi connectivity index (χ0v) is 16.8. The molecule has 2 heterocycles. The van der Waals surface area contributed by atoms with Crippen LogP contribution in [-0.2, 0) is 11.3 Å². The average molecular weight is 377 g/mol. The minimum Gasteiger partial charge on any atom is -0.495 e. The van der Waals surface area contributed by atoms with Gasteiger partial charge >= 0.3 is 0 Å². The molecule has 2 aromatic carbocycles. The van der Waals surface area contributed by atoms with E-state index in [1.54, 1.807) is 7.11 Å². The molecule has 1 aliphatic rings. The lowest BCUT2D eigenvalue weighted by Crippen LogP contribution is -2.25. The molecule has 1 saturated heterocycles. The van der Waals surface area contributed by atoms with Crippen LogP contribution in [0.4, 0.5) is 5.69 Å². The van der Waals surface area contributed by atoms with Crippen LogP contribution < -0.4 is 9.64 Å². The predicted octanol–water partition coefficient (Wildman–Crippen LogP) is 4.61. The second-order valence-electron chi connectivity index (χ2n) is 7.66. The van der Waals surface area contributed by atoms with E-state index in [0.29, 0.717) is 18.9 Å². The second-order valence-corrected chi connectivity index (χ2v) is 7.66. The highest BCUT2D eigenvalue weighted by Gasteiger charge is 2.36. The summed E-state index contributed by atoms with van der Waals surface area (Å²) in [6.45, 7) is 6.03. The second kappa shape index (κ2) is 7.66. The van der Waals surface area contributed by atoms with Crippen molar-refractivity contribution in [3.8, 4) is 5.75 Å². The van der Waals surface area contributed by atoms with Crippen LogP contribution in [0.3, 0.4) is 0 Å². The minimum atomic E-state index is 0.0777. The number of carbonyl (C=O) groups is 1. The normalized spacial score (nSPS) is 18.0. The number of para-hydroxylation sites is 4. The van der Waals surface area contributed by atoms with Crippen molar-refractivity contribution in [2.45, 2.75) is 39.2 Å². The molecule has 3 aromatic rings. The van der Waals surface area contributed by atoms with E-state index in [-0.39, 0.29) is 11.8 Å². The predicted molar refractivity (Wildman–Crippen MR) is 112 cm³/mol. The summed E-state index contributed by atoms with van der Waals surface area (Å²) in [5.74, 6) is 2.50. The SMILES string of the molecule is CC[C@@H](C)Cn1c([C@H]2CC(=O)N(c3ccccc3OC)C2)nc2ccccc21. The highest BCUT2D eigenvalue weighted by Crippen LogP contribution is 2.37. The summed E-state index contributed by atoms with van der Waals surface area (Å²) < 4.78 is 7.80. The quantitative estimate of drug-likeness (QED) is 0.630. The molecule has 5 nitrogen and oxygen atoms in total. The Morgan fingerprint density at radius 2 is 1.93 bits per heavy atom. The largest absolute Gasteiger partial charge is 0.495 e. The Kier molecular flexibility index (Phi) is 5.07. The Morgan fingerprint density at radius 1 is 1.18 bits per heavy atom. The van der Waals surface area contributed by atoms with Crippen molar-refractivity contribution in [3.63, 3.8) is 0 Å². The lowest BCUT2D eigenvalue weighted by molar-refractivity contribution is -0.117. The van der Waals surface area contributed by atoms with Crippen molar-refractivity contribution < 1.29 is 9.53 Å². The third kappa shape index (κ3) is 3.26. The number of fused-ring (bicyclic) bond motifs is 1. The molecule has 1 fully saturated rings. The molecular weight excluding hydrogens is 350 g/mol. The third-order valence-corrected chi connectivity index (χ3v) is 5.74. The monoisotopic (exact) mass is 377 g/mol. The Labute approximate surface area is 165 Å². The number of aromatic nitrogens is 2. The summed E-state index contributed by atoms with van der Waals surface area (Å²) in [5.41, 5.74) is 2.99. The van der Waals surface area contributed by atoms with Gasteiger partial charge < -0.3 is 14.2 Å². The molecule has 5 heteroatoms. The highest BCUT2D eigenvalue weighted by molar-refractivity contribution is 5.97. The molecule has 0 N–H and O–H groups in total. The molecule has 0 unspecified atom stereocenters. The van der Waals surface area contributed by atoms with Gasteiger partial charge in [-0.3, -0.25) is 4.79 Å². The molecule has 146 valence electrons. The van der Waals surface area contributed by atoms with E-state index in [1.807, 2.05) is 35.2 Å². The molecule has 1 aliphatic heterocycles. The van der Waals surface area contributed by atoms with Gasteiger partial charge in [0.1, 0.15) is 11.6 Å². The first kappa shape index (κ1) is 18.5. The molecular formula is C23H27N3O2. The number of hydrogen-bond acceptors (Lipinski definition) is 3. The van der Waals surface area contributed by atoms with Gasteiger partial charge in [-0.05, 0) is 30.2 Å². The van der Waals surface area contributed by atoms with Gasteiger partial charge in [-0.1, -0.05) is 44.5 Å². The molecule has 0 spiro atoms.